The molecule has 0 aliphatic heterocycles. The van der Waals surface area contributed by atoms with Crippen LogP contribution in [0.3, 0.4) is 0 Å². The topological polar surface area (TPSA) is 48.1 Å². The second-order valence-electron chi connectivity index (χ2n) is 6.29. The molecule has 1 saturated carbocycles. The molecule has 1 aliphatic rings. The van der Waals surface area contributed by atoms with Crippen molar-refractivity contribution in [2.75, 3.05) is 52.4 Å². The molecular weight excluding hydrogens is 260 g/mol. The van der Waals surface area contributed by atoms with Crippen molar-refractivity contribution in [1.29, 1.82) is 0 Å². The van der Waals surface area contributed by atoms with E-state index in [2.05, 4.69) is 35.1 Å². The maximum absolute atomic E-state index is 3.62. The van der Waals surface area contributed by atoms with Crippen LogP contribution in [-0.2, 0) is 0 Å². The summed E-state index contributed by atoms with van der Waals surface area (Å²) in [5.74, 6) is 1.88. The van der Waals surface area contributed by atoms with E-state index in [-0.39, 0.29) is 5.71 Å². The summed E-state index contributed by atoms with van der Waals surface area (Å²) in [6, 6.07) is 0. The van der Waals surface area contributed by atoms with Crippen molar-refractivity contribution < 1.29 is 5.71 Å². The predicted molar refractivity (Wildman–Crippen MR) is 101 cm³/mol. The van der Waals surface area contributed by atoms with E-state index >= 15 is 0 Å². The van der Waals surface area contributed by atoms with Crippen molar-refractivity contribution in [2.24, 2.45) is 11.8 Å². The first-order valence-electron chi connectivity index (χ1n) is 9.21. The Kier molecular flexibility index (Phi) is 12.1. The number of rotatable bonds is 16. The summed E-state index contributed by atoms with van der Waals surface area (Å²) < 4.78 is 0. The second-order valence-corrected chi connectivity index (χ2v) is 6.29. The Labute approximate surface area is 138 Å². The Morgan fingerprint density at radius 3 is 1.43 bits per heavy atom. The van der Waals surface area contributed by atoms with Gasteiger partial charge < -0.3 is 21.3 Å². The molecule has 4 nitrogen and oxygen atoms in total. The summed E-state index contributed by atoms with van der Waals surface area (Å²) in [4.78, 5) is 0. The van der Waals surface area contributed by atoms with Gasteiger partial charge in [-0.25, -0.2) is 0 Å². The third-order valence-electron chi connectivity index (χ3n) is 4.30. The molecule has 0 radical (unpaired) electrons. The number of nitrogens with one attached hydrogen (secondary N) is 4. The van der Waals surface area contributed by atoms with Gasteiger partial charge in [-0.05, 0) is 96.3 Å². The molecule has 1 rings (SSSR count). The lowest BCUT2D eigenvalue weighted by atomic mass is 10.2. The second kappa shape index (κ2) is 13.5. The van der Waals surface area contributed by atoms with Gasteiger partial charge >= 0.3 is 0 Å². The maximum atomic E-state index is 3.62. The smallest absolute Gasteiger partial charge is 0 e. The summed E-state index contributed by atoms with van der Waals surface area (Å²) >= 11 is 0. The van der Waals surface area contributed by atoms with Gasteiger partial charge in [0, 0.05) is 5.71 Å². The minimum absolute atomic E-state index is 0. The minimum Gasteiger partial charge on any atom is -0.317 e. The molecule has 0 unspecified atom stereocenters. The largest absolute Gasteiger partial charge is 0.317 e. The molecule has 0 bridgehead atoms. The van der Waals surface area contributed by atoms with Crippen molar-refractivity contribution in [3.05, 3.63) is 0 Å². The quantitative estimate of drug-likeness (QED) is 0.331. The molecule has 1 aliphatic carbocycles. The molecule has 1 fully saturated rings. The molecular formula is C17H46N4. The van der Waals surface area contributed by atoms with Crippen molar-refractivity contribution in [3.63, 3.8) is 0 Å². The zero-order chi connectivity index (χ0) is 15.2. The Morgan fingerprint density at radius 1 is 0.667 bits per heavy atom. The molecule has 4 N–H and O–H groups in total. The van der Waals surface area contributed by atoms with Crippen molar-refractivity contribution >= 4 is 0 Å². The Hall–Kier alpha value is -0.160. The van der Waals surface area contributed by atoms with E-state index in [4.69, 9.17) is 0 Å². The highest BCUT2D eigenvalue weighted by molar-refractivity contribution is 4.89. The zero-order valence-electron chi connectivity index (χ0n) is 14.3. The Balaban J connectivity index is -0.000000551. The fraction of sp³-hybridized carbons (Fsp3) is 1.00. The van der Waals surface area contributed by atoms with Gasteiger partial charge in [-0.1, -0.05) is 13.8 Å². The van der Waals surface area contributed by atoms with E-state index in [1.54, 1.807) is 0 Å². The van der Waals surface area contributed by atoms with E-state index in [1.807, 2.05) is 0 Å². The summed E-state index contributed by atoms with van der Waals surface area (Å²) in [5.41, 5.74) is 0. The van der Waals surface area contributed by atoms with Crippen LogP contribution in [0.5, 0.6) is 0 Å². The van der Waals surface area contributed by atoms with E-state index in [9.17, 15) is 0 Å². The third kappa shape index (κ3) is 11.1. The lowest BCUT2D eigenvalue weighted by Crippen LogP contribution is -2.23. The SMILES string of the molecule is CCNCCCCNC[C@@H]1C[C@H]1CNCCCCNCC.[HH].[HH].[HH].[HH]. The zero-order valence-corrected chi connectivity index (χ0v) is 14.3. The fourth-order valence-electron chi connectivity index (χ4n) is 2.74. The number of unbranched alkanes of at least 4 members (excludes halogenated alkanes) is 2. The Morgan fingerprint density at radius 2 is 1.05 bits per heavy atom. The Bertz CT molecular complexity index is 217. The molecule has 2 atom stereocenters. The lowest BCUT2D eigenvalue weighted by molar-refractivity contribution is 0.531. The highest BCUT2D eigenvalue weighted by atomic mass is 14.9. The van der Waals surface area contributed by atoms with Crippen molar-refractivity contribution in [3.8, 4) is 0 Å². The van der Waals surface area contributed by atoms with E-state index in [1.165, 1.54) is 71.4 Å². The highest BCUT2D eigenvalue weighted by Gasteiger charge is 2.35. The summed E-state index contributed by atoms with van der Waals surface area (Å²) in [6.07, 6.45) is 6.62. The van der Waals surface area contributed by atoms with Crippen LogP contribution in [-0.4, -0.2) is 52.4 Å². The van der Waals surface area contributed by atoms with Crippen molar-refractivity contribution in [1.82, 2.24) is 21.3 Å². The highest BCUT2D eigenvalue weighted by Crippen LogP contribution is 2.36. The van der Waals surface area contributed by atoms with Gasteiger partial charge in [0.25, 0.3) is 0 Å². The monoisotopic (exact) mass is 306 g/mol. The molecule has 0 saturated heterocycles. The average molecular weight is 307 g/mol. The molecule has 21 heavy (non-hydrogen) atoms. The summed E-state index contributed by atoms with van der Waals surface area (Å²) in [7, 11) is 0. The number of hydrogen-bond acceptors (Lipinski definition) is 4. The average Bonchev–Trinajstić information content (AvgIpc) is 3.24. The third-order valence-corrected chi connectivity index (χ3v) is 4.30. The van der Waals surface area contributed by atoms with Crippen LogP contribution in [0.15, 0.2) is 0 Å². The molecule has 4 heteroatoms. The van der Waals surface area contributed by atoms with Gasteiger partial charge in [-0.2, -0.15) is 0 Å². The number of hydrogen-bond donors (Lipinski definition) is 4. The first-order valence-corrected chi connectivity index (χ1v) is 9.21. The molecule has 0 heterocycles. The molecule has 0 aromatic heterocycles. The fourth-order valence-corrected chi connectivity index (χ4v) is 2.74. The molecule has 0 spiro atoms. The van der Waals surface area contributed by atoms with Gasteiger partial charge in [0.2, 0.25) is 0 Å². The normalized spacial score (nSPS) is 20.9. The van der Waals surface area contributed by atoms with Crippen LogP contribution in [0.25, 0.3) is 0 Å². The standard InChI is InChI=1S/C17H38N4.4H2/c1-3-18-9-5-7-11-20-14-16-13-17(16)15-21-12-8-6-10-19-4-2;;;;/h16-21H,3-15H2,1-2H3;4*1H/t16-,17-;;;;/m0..../s1. The summed E-state index contributed by atoms with van der Waals surface area (Å²) in [6.45, 7) is 13.7. The van der Waals surface area contributed by atoms with Gasteiger partial charge in [0.15, 0.2) is 0 Å². The van der Waals surface area contributed by atoms with Crippen LogP contribution >= 0.6 is 0 Å². The predicted octanol–water partition coefficient (Wildman–Crippen LogP) is 2.57. The van der Waals surface area contributed by atoms with Crippen molar-refractivity contribution in [2.45, 2.75) is 46.0 Å². The van der Waals surface area contributed by atoms with Crippen LogP contribution in [0, 0.1) is 11.8 Å². The van der Waals surface area contributed by atoms with Gasteiger partial charge in [0.1, 0.15) is 0 Å². The first kappa shape index (κ1) is 18.9. The van der Waals surface area contributed by atoms with Crippen LogP contribution < -0.4 is 21.3 Å². The van der Waals surface area contributed by atoms with E-state index in [0.29, 0.717) is 0 Å². The van der Waals surface area contributed by atoms with Crippen LogP contribution in [0.1, 0.15) is 51.7 Å². The first-order chi connectivity index (χ1) is 10.4. The molecule has 0 amide bonds. The lowest BCUT2D eigenvalue weighted by Gasteiger charge is -2.06. The van der Waals surface area contributed by atoms with E-state index < -0.39 is 0 Å². The minimum atomic E-state index is 0. The molecule has 0 aromatic rings. The van der Waals surface area contributed by atoms with Gasteiger partial charge in [0.05, 0.1) is 0 Å². The van der Waals surface area contributed by atoms with Gasteiger partial charge in [-0.3, -0.25) is 0 Å². The van der Waals surface area contributed by atoms with E-state index in [0.717, 1.165) is 24.9 Å². The maximum Gasteiger partial charge on any atom is 0 e. The van der Waals surface area contributed by atoms with Crippen LogP contribution in [0.2, 0.25) is 0 Å². The molecule has 0 aromatic carbocycles. The molecule has 134 valence electrons. The van der Waals surface area contributed by atoms with Gasteiger partial charge in [-0.15, -0.1) is 0 Å². The summed E-state index contributed by atoms with van der Waals surface area (Å²) in [5, 5.41) is 14.0. The van der Waals surface area contributed by atoms with Crippen LogP contribution in [0.4, 0.5) is 0 Å².